The van der Waals surface area contributed by atoms with E-state index < -0.39 is 0 Å². The Hall–Kier alpha value is -1.71. The molecule has 0 aliphatic rings. The first kappa shape index (κ1) is 12.4. The summed E-state index contributed by atoms with van der Waals surface area (Å²) in [5.41, 5.74) is 0.696. The van der Waals surface area contributed by atoms with E-state index in [0.717, 1.165) is 0 Å². The van der Waals surface area contributed by atoms with Crippen molar-refractivity contribution in [2.45, 2.75) is 27.2 Å². The largest absolute Gasteiger partial charge is 0.507 e. The van der Waals surface area contributed by atoms with Gasteiger partial charge < -0.3 is 15.3 Å². The Balaban J connectivity index is 3.11. The molecule has 88 valence electrons. The van der Waals surface area contributed by atoms with Crippen LogP contribution < -0.4 is 0 Å². The second-order valence-corrected chi connectivity index (χ2v) is 4.09. The highest BCUT2D eigenvalue weighted by Gasteiger charge is 2.17. The van der Waals surface area contributed by atoms with Crippen LogP contribution >= 0.6 is 0 Å². The summed E-state index contributed by atoms with van der Waals surface area (Å²) in [6, 6.07) is 1.29. The molecular weight excluding hydrogens is 208 g/mol. The summed E-state index contributed by atoms with van der Waals surface area (Å²) in [5.74, 6) is -0.875. The minimum atomic E-state index is -0.322. The smallest absolute Gasteiger partial charge is 0.164 e. The van der Waals surface area contributed by atoms with Gasteiger partial charge in [-0.05, 0) is 31.9 Å². The number of carbonyl (C=O) groups excluding carboxylic acids is 1. The summed E-state index contributed by atoms with van der Waals surface area (Å²) >= 11 is 0. The summed E-state index contributed by atoms with van der Waals surface area (Å²) in [5, 5.41) is 28.5. The van der Waals surface area contributed by atoms with Crippen LogP contribution in [0.15, 0.2) is 6.07 Å². The van der Waals surface area contributed by atoms with E-state index in [0.29, 0.717) is 12.0 Å². The van der Waals surface area contributed by atoms with E-state index in [1.807, 2.05) is 0 Å². The van der Waals surface area contributed by atoms with E-state index in [4.69, 9.17) is 0 Å². The minimum absolute atomic E-state index is 0.0182. The lowest BCUT2D eigenvalue weighted by atomic mass is 9.95. The number of carbonyl (C=O) groups is 1. The molecule has 16 heavy (non-hydrogen) atoms. The molecule has 0 bridgehead atoms. The number of rotatable bonds is 3. The SMILES string of the molecule is CC(=O)C(C)Cc1cc(O)c(O)c(C)c1O. The monoisotopic (exact) mass is 224 g/mol. The van der Waals surface area contributed by atoms with E-state index in [1.54, 1.807) is 6.92 Å². The molecule has 0 saturated carbocycles. The molecule has 0 aliphatic heterocycles. The Kier molecular flexibility index (Phi) is 3.42. The van der Waals surface area contributed by atoms with E-state index in [2.05, 4.69) is 0 Å². The van der Waals surface area contributed by atoms with Gasteiger partial charge in [-0.2, -0.15) is 0 Å². The molecule has 0 radical (unpaired) electrons. The van der Waals surface area contributed by atoms with Gasteiger partial charge in [0.25, 0.3) is 0 Å². The highest BCUT2D eigenvalue weighted by Crippen LogP contribution is 2.38. The first-order valence-electron chi connectivity index (χ1n) is 5.08. The van der Waals surface area contributed by atoms with Crippen molar-refractivity contribution in [1.29, 1.82) is 0 Å². The number of benzene rings is 1. The topological polar surface area (TPSA) is 77.8 Å². The summed E-state index contributed by atoms with van der Waals surface area (Å²) in [6.07, 6.45) is 0.343. The zero-order chi connectivity index (χ0) is 12.5. The molecule has 1 aromatic carbocycles. The van der Waals surface area contributed by atoms with E-state index in [-0.39, 0.29) is 34.5 Å². The van der Waals surface area contributed by atoms with Gasteiger partial charge in [0.15, 0.2) is 11.5 Å². The van der Waals surface area contributed by atoms with Gasteiger partial charge in [-0.25, -0.2) is 0 Å². The Morgan fingerprint density at radius 2 is 1.88 bits per heavy atom. The highest BCUT2D eigenvalue weighted by atomic mass is 16.3. The van der Waals surface area contributed by atoms with Crippen molar-refractivity contribution in [3.05, 3.63) is 17.2 Å². The molecule has 0 saturated heterocycles. The van der Waals surface area contributed by atoms with Gasteiger partial charge in [0, 0.05) is 11.5 Å². The first-order valence-corrected chi connectivity index (χ1v) is 5.08. The molecule has 1 unspecified atom stereocenters. The van der Waals surface area contributed by atoms with Crippen LogP contribution in [0.3, 0.4) is 0 Å². The molecule has 1 rings (SSSR count). The van der Waals surface area contributed by atoms with Crippen molar-refractivity contribution in [1.82, 2.24) is 0 Å². The molecule has 3 N–H and O–H groups in total. The van der Waals surface area contributed by atoms with E-state index >= 15 is 0 Å². The van der Waals surface area contributed by atoms with Crippen LogP contribution in [0.2, 0.25) is 0 Å². The molecule has 0 amide bonds. The Bertz CT molecular complexity index is 424. The van der Waals surface area contributed by atoms with Crippen LogP contribution in [-0.4, -0.2) is 21.1 Å². The number of aromatic hydroxyl groups is 3. The Labute approximate surface area is 94.2 Å². The van der Waals surface area contributed by atoms with Gasteiger partial charge in [-0.3, -0.25) is 4.79 Å². The first-order chi connectivity index (χ1) is 7.34. The third-order valence-corrected chi connectivity index (χ3v) is 2.79. The van der Waals surface area contributed by atoms with Crippen LogP contribution in [0.25, 0.3) is 0 Å². The highest BCUT2D eigenvalue weighted by molar-refractivity contribution is 5.78. The molecule has 4 nitrogen and oxygen atoms in total. The number of hydrogen-bond donors (Lipinski definition) is 3. The molecular formula is C12H16O4. The van der Waals surface area contributed by atoms with Gasteiger partial charge in [0.2, 0.25) is 0 Å². The van der Waals surface area contributed by atoms with E-state index in [9.17, 15) is 20.1 Å². The fourth-order valence-corrected chi connectivity index (χ4v) is 1.48. The van der Waals surface area contributed by atoms with Gasteiger partial charge in [0.05, 0.1) is 0 Å². The summed E-state index contributed by atoms with van der Waals surface area (Å²) in [4.78, 5) is 11.1. The molecule has 1 aromatic rings. The number of Topliss-reactive ketones (excluding diaryl/α,β-unsaturated/α-hetero) is 1. The number of phenolic OH excluding ortho intramolecular Hbond substituents is 3. The van der Waals surface area contributed by atoms with Crippen LogP contribution in [0.1, 0.15) is 25.0 Å². The maximum atomic E-state index is 11.1. The zero-order valence-corrected chi connectivity index (χ0v) is 9.61. The molecule has 0 spiro atoms. The molecule has 0 heterocycles. The molecule has 0 fully saturated rings. The average Bonchev–Trinajstić information content (AvgIpc) is 2.22. The molecule has 4 heteroatoms. The van der Waals surface area contributed by atoms with Crippen LogP contribution in [-0.2, 0) is 11.2 Å². The predicted molar refractivity (Wildman–Crippen MR) is 59.7 cm³/mol. The lowest BCUT2D eigenvalue weighted by Crippen LogP contribution is -2.09. The molecule has 0 aliphatic carbocycles. The maximum absolute atomic E-state index is 11.1. The van der Waals surface area contributed by atoms with Crippen molar-refractivity contribution in [3.8, 4) is 17.2 Å². The standard InChI is InChI=1S/C12H16O4/c1-6(8(3)13)4-9-5-10(14)12(16)7(2)11(9)15/h5-6,14-16H,4H2,1-3H3. The normalized spacial score (nSPS) is 12.4. The maximum Gasteiger partial charge on any atom is 0.164 e. The Morgan fingerprint density at radius 1 is 1.31 bits per heavy atom. The van der Waals surface area contributed by atoms with Crippen molar-refractivity contribution in [2.75, 3.05) is 0 Å². The van der Waals surface area contributed by atoms with Gasteiger partial charge in [-0.15, -0.1) is 0 Å². The van der Waals surface area contributed by atoms with Crippen LogP contribution in [0, 0.1) is 12.8 Å². The minimum Gasteiger partial charge on any atom is -0.507 e. The quantitative estimate of drug-likeness (QED) is 0.541. The van der Waals surface area contributed by atoms with Crippen LogP contribution in [0.4, 0.5) is 0 Å². The van der Waals surface area contributed by atoms with Crippen LogP contribution in [0.5, 0.6) is 17.2 Å². The molecule has 1 atom stereocenters. The third kappa shape index (κ3) is 2.27. The number of hydrogen-bond acceptors (Lipinski definition) is 4. The predicted octanol–water partition coefficient (Wildman–Crippen LogP) is 1.88. The number of phenols is 3. The lowest BCUT2D eigenvalue weighted by molar-refractivity contribution is -0.120. The summed E-state index contributed by atoms with van der Waals surface area (Å²) in [7, 11) is 0. The van der Waals surface area contributed by atoms with Crippen molar-refractivity contribution < 1.29 is 20.1 Å². The summed E-state index contributed by atoms with van der Waals surface area (Å²) in [6.45, 7) is 4.74. The van der Waals surface area contributed by atoms with Crippen molar-refractivity contribution in [3.63, 3.8) is 0 Å². The van der Waals surface area contributed by atoms with Crippen molar-refractivity contribution in [2.24, 2.45) is 5.92 Å². The van der Waals surface area contributed by atoms with Crippen molar-refractivity contribution >= 4 is 5.78 Å². The fraction of sp³-hybridized carbons (Fsp3) is 0.417. The second kappa shape index (κ2) is 4.43. The number of ketones is 1. The molecule has 0 aromatic heterocycles. The van der Waals surface area contributed by atoms with Gasteiger partial charge in [0.1, 0.15) is 11.5 Å². The fourth-order valence-electron chi connectivity index (χ4n) is 1.48. The lowest BCUT2D eigenvalue weighted by Gasteiger charge is -2.13. The van der Waals surface area contributed by atoms with Gasteiger partial charge in [-0.1, -0.05) is 6.92 Å². The average molecular weight is 224 g/mol. The van der Waals surface area contributed by atoms with Gasteiger partial charge >= 0.3 is 0 Å². The second-order valence-electron chi connectivity index (χ2n) is 4.09. The summed E-state index contributed by atoms with van der Waals surface area (Å²) < 4.78 is 0. The third-order valence-electron chi connectivity index (χ3n) is 2.79. The zero-order valence-electron chi connectivity index (χ0n) is 9.61. The van der Waals surface area contributed by atoms with E-state index in [1.165, 1.54) is 19.9 Å². The Morgan fingerprint density at radius 3 is 2.38 bits per heavy atom.